The quantitative estimate of drug-likeness (QED) is 0.391. The van der Waals surface area contributed by atoms with Crippen LogP contribution in [0.5, 0.6) is 11.5 Å². The number of methoxy groups -OCH3 is 2. The fourth-order valence-electron chi connectivity index (χ4n) is 3.36. The summed E-state index contributed by atoms with van der Waals surface area (Å²) in [5.74, 6) is 1.80. The van der Waals surface area contributed by atoms with Gasteiger partial charge in [0.05, 0.1) is 25.5 Å². The standard InChI is InChI=1S/C21H23N5O4S2/c1-12(2)10-25-19(28)18-14(7-8-31-18)26-20(25)23-24-21(26)32-11-17(27)22-13-5-6-15(29-3)16(9-13)30-4/h5-9,12H,10-11H2,1-4H3,(H,22,27). The zero-order valence-corrected chi connectivity index (χ0v) is 19.7. The molecular weight excluding hydrogens is 450 g/mol. The van der Waals surface area contributed by atoms with E-state index in [0.29, 0.717) is 39.4 Å². The van der Waals surface area contributed by atoms with Crippen LogP contribution in [0.1, 0.15) is 13.8 Å². The number of fused-ring (bicyclic) bond motifs is 3. The summed E-state index contributed by atoms with van der Waals surface area (Å²) in [6, 6.07) is 7.06. The fraction of sp³-hybridized carbons (Fsp3) is 0.333. The van der Waals surface area contributed by atoms with Crippen molar-refractivity contribution in [1.29, 1.82) is 0 Å². The van der Waals surface area contributed by atoms with Gasteiger partial charge < -0.3 is 14.8 Å². The fourth-order valence-corrected chi connectivity index (χ4v) is 4.93. The van der Waals surface area contributed by atoms with E-state index in [-0.39, 0.29) is 23.1 Å². The van der Waals surface area contributed by atoms with Gasteiger partial charge in [-0.05, 0) is 29.5 Å². The number of carbonyl (C=O) groups is 1. The van der Waals surface area contributed by atoms with Crippen molar-refractivity contribution in [3.05, 3.63) is 40.0 Å². The summed E-state index contributed by atoms with van der Waals surface area (Å²) in [5, 5.41) is 13.8. The van der Waals surface area contributed by atoms with Gasteiger partial charge in [0.2, 0.25) is 11.7 Å². The number of rotatable bonds is 8. The van der Waals surface area contributed by atoms with Gasteiger partial charge in [0.25, 0.3) is 5.56 Å². The number of thioether (sulfide) groups is 1. The van der Waals surface area contributed by atoms with Crippen molar-refractivity contribution in [3.63, 3.8) is 0 Å². The van der Waals surface area contributed by atoms with E-state index in [0.717, 1.165) is 5.52 Å². The molecule has 0 aliphatic heterocycles. The van der Waals surface area contributed by atoms with Gasteiger partial charge in [0, 0.05) is 18.3 Å². The van der Waals surface area contributed by atoms with E-state index >= 15 is 0 Å². The third kappa shape index (κ3) is 4.17. The molecule has 0 fully saturated rings. The molecule has 1 amide bonds. The van der Waals surface area contributed by atoms with Crippen LogP contribution in [0.25, 0.3) is 16.0 Å². The molecule has 0 saturated heterocycles. The van der Waals surface area contributed by atoms with Gasteiger partial charge in [-0.1, -0.05) is 25.6 Å². The Balaban J connectivity index is 1.58. The molecule has 11 heteroatoms. The van der Waals surface area contributed by atoms with Crippen LogP contribution in [0.2, 0.25) is 0 Å². The van der Waals surface area contributed by atoms with Crippen molar-refractivity contribution < 1.29 is 14.3 Å². The minimum absolute atomic E-state index is 0.0636. The molecule has 3 aromatic heterocycles. The molecule has 3 heterocycles. The summed E-state index contributed by atoms with van der Waals surface area (Å²) in [6.45, 7) is 4.64. The van der Waals surface area contributed by atoms with Crippen LogP contribution < -0.4 is 20.3 Å². The molecule has 4 aromatic rings. The van der Waals surface area contributed by atoms with Crippen molar-refractivity contribution in [2.24, 2.45) is 5.92 Å². The second-order valence-corrected chi connectivity index (χ2v) is 9.33. The number of aromatic nitrogens is 4. The zero-order valence-electron chi connectivity index (χ0n) is 18.1. The highest BCUT2D eigenvalue weighted by Gasteiger charge is 2.19. The van der Waals surface area contributed by atoms with E-state index in [1.54, 1.807) is 37.0 Å². The van der Waals surface area contributed by atoms with Crippen LogP contribution in [0.3, 0.4) is 0 Å². The molecule has 0 aliphatic carbocycles. The number of amides is 1. The summed E-state index contributed by atoms with van der Waals surface area (Å²) in [6.07, 6.45) is 0. The van der Waals surface area contributed by atoms with E-state index in [1.165, 1.54) is 23.1 Å². The number of thiophene rings is 1. The number of carbonyl (C=O) groups excluding carboxylic acids is 1. The van der Waals surface area contributed by atoms with Gasteiger partial charge in [-0.15, -0.1) is 21.5 Å². The zero-order chi connectivity index (χ0) is 22.8. The Kier molecular flexibility index (Phi) is 6.38. The van der Waals surface area contributed by atoms with E-state index in [1.807, 2.05) is 29.7 Å². The Labute approximate surface area is 192 Å². The SMILES string of the molecule is COc1ccc(NC(=O)CSc2nnc3n(CC(C)C)c(=O)c4sccc4n23)cc1OC. The van der Waals surface area contributed by atoms with Gasteiger partial charge in [0.1, 0.15) is 4.70 Å². The third-order valence-electron chi connectivity index (χ3n) is 4.73. The molecule has 4 rings (SSSR count). The first-order valence-corrected chi connectivity index (χ1v) is 11.8. The van der Waals surface area contributed by atoms with E-state index < -0.39 is 0 Å². The van der Waals surface area contributed by atoms with Crippen LogP contribution in [-0.4, -0.2) is 45.0 Å². The minimum Gasteiger partial charge on any atom is -0.493 e. The second kappa shape index (κ2) is 9.21. The summed E-state index contributed by atoms with van der Waals surface area (Å²) < 4.78 is 14.7. The predicted octanol–water partition coefficient (Wildman–Crippen LogP) is 3.51. The molecular formula is C21H23N5O4S2. The first-order chi connectivity index (χ1) is 15.4. The highest BCUT2D eigenvalue weighted by Crippen LogP contribution is 2.30. The maximum absolute atomic E-state index is 12.9. The van der Waals surface area contributed by atoms with Crippen LogP contribution >= 0.6 is 23.1 Å². The molecule has 32 heavy (non-hydrogen) atoms. The number of hydrogen-bond acceptors (Lipinski definition) is 8. The summed E-state index contributed by atoms with van der Waals surface area (Å²) >= 11 is 2.66. The second-order valence-electron chi connectivity index (χ2n) is 7.47. The van der Waals surface area contributed by atoms with Crippen LogP contribution in [-0.2, 0) is 11.3 Å². The number of ether oxygens (including phenoxy) is 2. The smallest absolute Gasteiger partial charge is 0.272 e. The molecule has 1 aromatic carbocycles. The predicted molar refractivity (Wildman–Crippen MR) is 126 cm³/mol. The summed E-state index contributed by atoms with van der Waals surface area (Å²) in [4.78, 5) is 25.5. The Morgan fingerprint density at radius 3 is 2.69 bits per heavy atom. The number of benzene rings is 1. The van der Waals surface area contributed by atoms with Crippen molar-refractivity contribution in [2.75, 3.05) is 25.3 Å². The minimum atomic E-state index is -0.198. The molecule has 1 N–H and O–H groups in total. The number of nitrogens with zero attached hydrogens (tertiary/aromatic N) is 4. The van der Waals surface area contributed by atoms with Crippen molar-refractivity contribution in [3.8, 4) is 11.5 Å². The molecule has 0 saturated carbocycles. The van der Waals surface area contributed by atoms with E-state index in [2.05, 4.69) is 15.5 Å². The van der Waals surface area contributed by atoms with Crippen molar-refractivity contribution in [1.82, 2.24) is 19.2 Å². The lowest BCUT2D eigenvalue weighted by Crippen LogP contribution is -2.24. The Morgan fingerprint density at radius 1 is 1.19 bits per heavy atom. The third-order valence-corrected chi connectivity index (χ3v) is 6.55. The van der Waals surface area contributed by atoms with Crippen molar-refractivity contribution in [2.45, 2.75) is 25.5 Å². The molecule has 0 spiro atoms. The van der Waals surface area contributed by atoms with E-state index in [4.69, 9.17) is 9.47 Å². The van der Waals surface area contributed by atoms with Gasteiger partial charge >= 0.3 is 0 Å². The molecule has 168 valence electrons. The average molecular weight is 474 g/mol. The molecule has 0 bridgehead atoms. The topological polar surface area (TPSA) is 99.7 Å². The molecule has 0 atom stereocenters. The molecule has 9 nitrogen and oxygen atoms in total. The van der Waals surface area contributed by atoms with Gasteiger partial charge in [0.15, 0.2) is 16.7 Å². The van der Waals surface area contributed by atoms with Crippen molar-refractivity contribution >= 4 is 50.7 Å². The lowest BCUT2D eigenvalue weighted by atomic mass is 10.2. The van der Waals surface area contributed by atoms with Crippen LogP contribution in [0.15, 0.2) is 39.6 Å². The monoisotopic (exact) mass is 473 g/mol. The van der Waals surface area contributed by atoms with Crippen LogP contribution in [0, 0.1) is 5.92 Å². The average Bonchev–Trinajstić information content (AvgIpc) is 3.42. The molecule has 0 aliphatic rings. The van der Waals surface area contributed by atoms with E-state index in [9.17, 15) is 9.59 Å². The largest absolute Gasteiger partial charge is 0.493 e. The highest BCUT2D eigenvalue weighted by molar-refractivity contribution is 7.99. The maximum Gasteiger partial charge on any atom is 0.272 e. The summed E-state index contributed by atoms with van der Waals surface area (Å²) in [7, 11) is 3.10. The lowest BCUT2D eigenvalue weighted by Gasteiger charge is -2.11. The first kappa shape index (κ1) is 22.2. The van der Waals surface area contributed by atoms with Gasteiger partial charge in [-0.3, -0.25) is 18.6 Å². The van der Waals surface area contributed by atoms with Gasteiger partial charge in [-0.25, -0.2) is 0 Å². The Bertz CT molecular complexity index is 1340. The van der Waals surface area contributed by atoms with Crippen LogP contribution in [0.4, 0.5) is 5.69 Å². The number of hydrogen-bond donors (Lipinski definition) is 1. The Morgan fingerprint density at radius 2 is 1.97 bits per heavy atom. The summed E-state index contributed by atoms with van der Waals surface area (Å²) in [5.41, 5.74) is 1.29. The number of anilines is 1. The maximum atomic E-state index is 12.9. The lowest BCUT2D eigenvalue weighted by molar-refractivity contribution is -0.113. The van der Waals surface area contributed by atoms with Gasteiger partial charge in [-0.2, -0.15) is 0 Å². The number of nitrogens with one attached hydrogen (secondary N) is 1. The first-order valence-electron chi connectivity index (χ1n) is 9.92. The highest BCUT2D eigenvalue weighted by atomic mass is 32.2. The Hall–Kier alpha value is -3.05. The molecule has 0 unspecified atom stereocenters. The molecule has 0 radical (unpaired) electrons. The normalized spacial score (nSPS) is 11.4.